The Labute approximate surface area is 127 Å². The van der Waals surface area contributed by atoms with Crippen LogP contribution in [0.1, 0.15) is 24.9 Å². The second kappa shape index (κ2) is 6.64. The van der Waals surface area contributed by atoms with Gasteiger partial charge in [-0.15, -0.1) is 0 Å². The van der Waals surface area contributed by atoms with Gasteiger partial charge in [-0.25, -0.2) is 0 Å². The summed E-state index contributed by atoms with van der Waals surface area (Å²) in [5.41, 5.74) is 8.25. The zero-order valence-electron chi connectivity index (χ0n) is 13.4. The van der Waals surface area contributed by atoms with Gasteiger partial charge in [0.2, 0.25) is 0 Å². The number of nitrogens with two attached hydrogens (primary N) is 1. The van der Waals surface area contributed by atoms with Crippen molar-refractivity contribution in [3.63, 3.8) is 0 Å². The molecule has 0 radical (unpaired) electrons. The number of aliphatic hydroxyl groups excluding tert-OH is 1. The van der Waals surface area contributed by atoms with E-state index in [4.69, 9.17) is 10.5 Å². The molecule has 1 fully saturated rings. The van der Waals surface area contributed by atoms with Crippen LogP contribution in [0.3, 0.4) is 0 Å². The standard InChI is InChI=1S/C16H27N3O2/c1-11(17)16-14(6-5-7-15(16)21-4)19-10-13(20)8-12(19)9-18(2)3/h5-7,11-13,20H,8-10,17H2,1-4H3/t11-,12?,13?/m1/s1. The summed E-state index contributed by atoms with van der Waals surface area (Å²) < 4.78 is 5.47. The minimum absolute atomic E-state index is 0.117. The maximum atomic E-state index is 10.1. The van der Waals surface area contributed by atoms with Gasteiger partial charge in [0.1, 0.15) is 5.75 Å². The number of hydrogen-bond acceptors (Lipinski definition) is 5. The molecule has 0 aromatic heterocycles. The van der Waals surface area contributed by atoms with Crippen molar-refractivity contribution in [3.05, 3.63) is 23.8 Å². The Morgan fingerprint density at radius 3 is 2.76 bits per heavy atom. The third-order valence-corrected chi connectivity index (χ3v) is 4.00. The van der Waals surface area contributed by atoms with Crippen molar-refractivity contribution in [2.75, 3.05) is 39.2 Å². The van der Waals surface area contributed by atoms with Gasteiger partial charge in [0.05, 0.1) is 13.2 Å². The highest BCUT2D eigenvalue weighted by atomic mass is 16.5. The summed E-state index contributed by atoms with van der Waals surface area (Å²) in [5, 5.41) is 10.1. The maximum Gasteiger partial charge on any atom is 0.125 e. The molecule has 2 rings (SSSR count). The van der Waals surface area contributed by atoms with Gasteiger partial charge in [0.15, 0.2) is 0 Å². The van der Waals surface area contributed by atoms with Crippen molar-refractivity contribution in [1.82, 2.24) is 4.90 Å². The summed E-state index contributed by atoms with van der Waals surface area (Å²) in [5.74, 6) is 0.812. The Balaban J connectivity index is 2.39. The van der Waals surface area contributed by atoms with Crippen LogP contribution in [0.15, 0.2) is 18.2 Å². The zero-order valence-corrected chi connectivity index (χ0v) is 13.4. The minimum atomic E-state index is -0.290. The first-order valence-corrected chi connectivity index (χ1v) is 7.46. The third-order valence-electron chi connectivity index (χ3n) is 4.00. The summed E-state index contributed by atoms with van der Waals surface area (Å²) in [6.45, 7) is 3.52. The molecule has 1 aliphatic heterocycles. The molecule has 3 N–H and O–H groups in total. The molecule has 0 bridgehead atoms. The van der Waals surface area contributed by atoms with E-state index in [2.05, 4.69) is 30.0 Å². The van der Waals surface area contributed by atoms with E-state index < -0.39 is 0 Å². The third kappa shape index (κ3) is 3.48. The van der Waals surface area contributed by atoms with Crippen molar-refractivity contribution < 1.29 is 9.84 Å². The molecule has 0 spiro atoms. The molecule has 2 unspecified atom stereocenters. The molecule has 1 aromatic rings. The maximum absolute atomic E-state index is 10.1. The van der Waals surface area contributed by atoms with E-state index in [9.17, 15) is 5.11 Å². The molecule has 21 heavy (non-hydrogen) atoms. The molecule has 1 aliphatic rings. The highest BCUT2D eigenvalue weighted by Crippen LogP contribution is 2.37. The van der Waals surface area contributed by atoms with E-state index in [0.29, 0.717) is 12.6 Å². The van der Waals surface area contributed by atoms with E-state index in [1.165, 1.54) is 0 Å². The van der Waals surface area contributed by atoms with E-state index in [1.807, 2.05) is 19.1 Å². The van der Waals surface area contributed by atoms with Crippen LogP contribution in [0.25, 0.3) is 0 Å². The van der Waals surface area contributed by atoms with Gasteiger partial charge in [-0.2, -0.15) is 0 Å². The molecular formula is C16H27N3O2. The number of hydrogen-bond donors (Lipinski definition) is 2. The minimum Gasteiger partial charge on any atom is -0.496 e. The highest BCUT2D eigenvalue weighted by molar-refractivity contribution is 5.62. The molecule has 5 heteroatoms. The average Bonchev–Trinajstić information content (AvgIpc) is 2.77. The number of benzene rings is 1. The molecule has 1 heterocycles. The fraction of sp³-hybridized carbons (Fsp3) is 0.625. The summed E-state index contributed by atoms with van der Waals surface area (Å²) >= 11 is 0. The Hall–Kier alpha value is -1.30. The topological polar surface area (TPSA) is 62.0 Å². The number of rotatable bonds is 5. The van der Waals surface area contributed by atoms with Crippen LogP contribution in [-0.4, -0.2) is 56.4 Å². The highest BCUT2D eigenvalue weighted by Gasteiger charge is 2.33. The monoisotopic (exact) mass is 293 g/mol. The van der Waals surface area contributed by atoms with Crippen LogP contribution >= 0.6 is 0 Å². The number of anilines is 1. The lowest BCUT2D eigenvalue weighted by molar-refractivity contribution is 0.191. The molecule has 0 amide bonds. The van der Waals surface area contributed by atoms with Crippen LogP contribution in [0, 0.1) is 0 Å². The average molecular weight is 293 g/mol. The predicted octanol–water partition coefficient (Wildman–Crippen LogP) is 1.22. The summed E-state index contributed by atoms with van der Waals surface area (Å²) in [7, 11) is 5.78. The first-order chi connectivity index (χ1) is 9.93. The number of ether oxygens (including phenoxy) is 1. The van der Waals surface area contributed by atoms with Gasteiger partial charge in [-0.1, -0.05) is 6.07 Å². The van der Waals surface area contributed by atoms with Crippen LogP contribution in [0.5, 0.6) is 5.75 Å². The fourth-order valence-electron chi connectivity index (χ4n) is 3.20. The van der Waals surface area contributed by atoms with E-state index in [1.54, 1.807) is 7.11 Å². The van der Waals surface area contributed by atoms with E-state index in [-0.39, 0.29) is 12.1 Å². The fourth-order valence-corrected chi connectivity index (χ4v) is 3.20. The van der Waals surface area contributed by atoms with Gasteiger partial charge in [-0.05, 0) is 39.6 Å². The second-order valence-corrected chi connectivity index (χ2v) is 6.14. The normalized spacial score (nSPS) is 23.7. The lowest BCUT2D eigenvalue weighted by Gasteiger charge is -2.31. The molecule has 0 saturated carbocycles. The van der Waals surface area contributed by atoms with Crippen LogP contribution in [0.2, 0.25) is 0 Å². The SMILES string of the molecule is COc1cccc(N2CC(O)CC2CN(C)C)c1[C@@H](C)N. The largest absolute Gasteiger partial charge is 0.496 e. The Bertz CT molecular complexity index is 477. The van der Waals surface area contributed by atoms with Crippen molar-refractivity contribution in [2.45, 2.75) is 31.5 Å². The van der Waals surface area contributed by atoms with Crippen LogP contribution in [0.4, 0.5) is 5.69 Å². The lowest BCUT2D eigenvalue weighted by atomic mass is 10.0. The summed E-state index contributed by atoms with van der Waals surface area (Å²) in [6, 6.07) is 6.17. The molecule has 118 valence electrons. The summed E-state index contributed by atoms with van der Waals surface area (Å²) in [6.07, 6.45) is 0.496. The molecular weight excluding hydrogens is 266 g/mol. The summed E-state index contributed by atoms with van der Waals surface area (Å²) in [4.78, 5) is 4.42. The van der Waals surface area contributed by atoms with Gasteiger partial charge in [-0.3, -0.25) is 0 Å². The molecule has 3 atom stereocenters. The first-order valence-electron chi connectivity index (χ1n) is 7.46. The number of likely N-dealkylation sites (N-methyl/N-ethyl adjacent to an activating group) is 1. The Morgan fingerprint density at radius 1 is 1.48 bits per heavy atom. The van der Waals surface area contributed by atoms with Crippen molar-refractivity contribution >= 4 is 5.69 Å². The van der Waals surface area contributed by atoms with Crippen LogP contribution < -0.4 is 15.4 Å². The van der Waals surface area contributed by atoms with Crippen molar-refractivity contribution in [2.24, 2.45) is 5.73 Å². The lowest BCUT2D eigenvalue weighted by Crippen LogP contribution is -2.38. The Kier molecular flexibility index (Phi) is 5.08. The first kappa shape index (κ1) is 16.1. The van der Waals surface area contributed by atoms with Crippen LogP contribution in [-0.2, 0) is 0 Å². The van der Waals surface area contributed by atoms with Crippen molar-refractivity contribution in [3.8, 4) is 5.75 Å². The number of methoxy groups -OCH3 is 1. The molecule has 5 nitrogen and oxygen atoms in total. The quantitative estimate of drug-likeness (QED) is 0.854. The smallest absolute Gasteiger partial charge is 0.125 e. The van der Waals surface area contributed by atoms with E-state index in [0.717, 1.165) is 30.0 Å². The van der Waals surface area contributed by atoms with Gasteiger partial charge in [0.25, 0.3) is 0 Å². The van der Waals surface area contributed by atoms with Gasteiger partial charge >= 0.3 is 0 Å². The number of β-amino-alcohol motifs (C(OH)–C–C–N with tert-alkyl or cyclic N) is 1. The van der Waals surface area contributed by atoms with Crippen molar-refractivity contribution in [1.29, 1.82) is 0 Å². The van der Waals surface area contributed by atoms with Gasteiger partial charge < -0.3 is 25.4 Å². The zero-order chi connectivity index (χ0) is 15.6. The van der Waals surface area contributed by atoms with Gasteiger partial charge in [0, 0.05) is 36.4 Å². The molecule has 1 saturated heterocycles. The predicted molar refractivity (Wildman–Crippen MR) is 85.9 cm³/mol. The number of aliphatic hydroxyl groups is 1. The van der Waals surface area contributed by atoms with E-state index >= 15 is 0 Å². The Morgan fingerprint density at radius 2 is 2.19 bits per heavy atom. The second-order valence-electron chi connectivity index (χ2n) is 6.14. The molecule has 1 aromatic carbocycles. The number of nitrogens with zero attached hydrogens (tertiary/aromatic N) is 2. The molecule has 0 aliphatic carbocycles.